The molecule has 0 aromatic heterocycles. The lowest BCUT2D eigenvalue weighted by atomic mass is 10.3. The van der Waals surface area contributed by atoms with Crippen molar-refractivity contribution in [3.05, 3.63) is 0 Å². The number of ether oxygens (including phenoxy) is 1. The fourth-order valence-electron chi connectivity index (χ4n) is 2.27. The lowest BCUT2D eigenvalue weighted by molar-refractivity contribution is 0.175. The standard InChI is InChI=1S/C9H18N2O/c1-12-4-2-3-11-5-7-8(6-11)9(7)10/h7-9H,2-6,10H2,1H3. The minimum absolute atomic E-state index is 0.531. The van der Waals surface area contributed by atoms with E-state index in [1.54, 1.807) is 7.11 Å². The van der Waals surface area contributed by atoms with Gasteiger partial charge in [-0.05, 0) is 18.3 Å². The molecule has 0 bridgehead atoms. The zero-order valence-electron chi connectivity index (χ0n) is 7.70. The van der Waals surface area contributed by atoms with Gasteiger partial charge < -0.3 is 15.4 Å². The van der Waals surface area contributed by atoms with Gasteiger partial charge in [0.25, 0.3) is 0 Å². The molecule has 2 unspecified atom stereocenters. The summed E-state index contributed by atoms with van der Waals surface area (Å²) in [5, 5.41) is 0. The van der Waals surface area contributed by atoms with E-state index in [-0.39, 0.29) is 0 Å². The number of piperidine rings is 1. The molecule has 2 N–H and O–H groups in total. The lowest BCUT2D eigenvalue weighted by Gasteiger charge is -2.17. The van der Waals surface area contributed by atoms with Gasteiger partial charge in [0, 0.05) is 39.4 Å². The van der Waals surface area contributed by atoms with Crippen LogP contribution >= 0.6 is 0 Å². The number of nitrogens with zero attached hydrogens (tertiary/aromatic N) is 1. The lowest BCUT2D eigenvalue weighted by Crippen LogP contribution is -2.29. The van der Waals surface area contributed by atoms with Crippen LogP contribution in [0.1, 0.15) is 6.42 Å². The van der Waals surface area contributed by atoms with Crippen molar-refractivity contribution in [3.8, 4) is 0 Å². The van der Waals surface area contributed by atoms with Gasteiger partial charge in [-0.1, -0.05) is 0 Å². The Labute approximate surface area is 73.9 Å². The predicted octanol–water partition coefficient (Wildman–Crippen LogP) is -0.0882. The van der Waals surface area contributed by atoms with Crippen LogP contribution in [0.5, 0.6) is 0 Å². The second kappa shape index (κ2) is 3.32. The van der Waals surface area contributed by atoms with Crippen LogP contribution in [0, 0.1) is 11.8 Å². The van der Waals surface area contributed by atoms with Crippen molar-refractivity contribution in [1.29, 1.82) is 0 Å². The van der Waals surface area contributed by atoms with Gasteiger partial charge in [-0.3, -0.25) is 0 Å². The van der Waals surface area contributed by atoms with E-state index in [4.69, 9.17) is 10.5 Å². The van der Waals surface area contributed by atoms with E-state index < -0.39 is 0 Å². The number of rotatable bonds is 4. The first-order valence-corrected chi connectivity index (χ1v) is 4.80. The zero-order valence-corrected chi connectivity index (χ0v) is 7.70. The molecule has 70 valence electrons. The Kier molecular flexibility index (Phi) is 2.35. The summed E-state index contributed by atoms with van der Waals surface area (Å²) in [5.41, 5.74) is 5.84. The first kappa shape index (κ1) is 8.48. The van der Waals surface area contributed by atoms with Crippen molar-refractivity contribution in [1.82, 2.24) is 4.90 Å². The summed E-state index contributed by atoms with van der Waals surface area (Å²) in [4.78, 5) is 2.51. The van der Waals surface area contributed by atoms with Crippen LogP contribution in [-0.2, 0) is 4.74 Å². The maximum Gasteiger partial charge on any atom is 0.0474 e. The Hall–Kier alpha value is -0.120. The number of nitrogens with two attached hydrogens (primary N) is 1. The monoisotopic (exact) mass is 170 g/mol. The minimum Gasteiger partial charge on any atom is -0.385 e. The van der Waals surface area contributed by atoms with Crippen LogP contribution in [0.2, 0.25) is 0 Å². The molecule has 2 aliphatic rings. The summed E-state index contributed by atoms with van der Waals surface area (Å²) in [6, 6.07) is 0.531. The smallest absolute Gasteiger partial charge is 0.0474 e. The first-order chi connectivity index (χ1) is 5.83. The van der Waals surface area contributed by atoms with E-state index in [1.807, 2.05) is 0 Å². The first-order valence-electron chi connectivity index (χ1n) is 4.80. The number of hydrogen-bond donors (Lipinski definition) is 1. The Morgan fingerprint density at radius 2 is 2.08 bits per heavy atom. The average Bonchev–Trinajstić information content (AvgIpc) is 2.50. The third kappa shape index (κ3) is 1.49. The molecule has 0 spiro atoms. The molecule has 0 amide bonds. The van der Waals surface area contributed by atoms with Gasteiger partial charge in [-0.25, -0.2) is 0 Å². The Balaban J connectivity index is 1.60. The Morgan fingerprint density at radius 1 is 1.42 bits per heavy atom. The average molecular weight is 170 g/mol. The van der Waals surface area contributed by atoms with E-state index in [0.29, 0.717) is 6.04 Å². The van der Waals surface area contributed by atoms with Crippen LogP contribution in [0.25, 0.3) is 0 Å². The predicted molar refractivity (Wildman–Crippen MR) is 47.9 cm³/mol. The fraction of sp³-hybridized carbons (Fsp3) is 1.00. The van der Waals surface area contributed by atoms with Crippen molar-refractivity contribution in [3.63, 3.8) is 0 Å². The van der Waals surface area contributed by atoms with E-state index in [1.165, 1.54) is 19.6 Å². The van der Waals surface area contributed by atoms with Crippen molar-refractivity contribution in [2.24, 2.45) is 17.6 Å². The molecule has 2 rings (SSSR count). The molecule has 3 heteroatoms. The Bertz CT molecular complexity index is 151. The van der Waals surface area contributed by atoms with Crippen molar-refractivity contribution in [2.45, 2.75) is 12.5 Å². The topological polar surface area (TPSA) is 38.5 Å². The number of hydrogen-bond acceptors (Lipinski definition) is 3. The van der Waals surface area contributed by atoms with E-state index in [9.17, 15) is 0 Å². The molecule has 3 nitrogen and oxygen atoms in total. The molecular formula is C9H18N2O. The van der Waals surface area contributed by atoms with Gasteiger partial charge in [-0.2, -0.15) is 0 Å². The van der Waals surface area contributed by atoms with Crippen LogP contribution in [0.3, 0.4) is 0 Å². The maximum absolute atomic E-state index is 5.84. The number of methoxy groups -OCH3 is 1. The molecule has 12 heavy (non-hydrogen) atoms. The van der Waals surface area contributed by atoms with Gasteiger partial charge in [0.05, 0.1) is 0 Å². The molecule has 0 aromatic rings. The molecule has 2 atom stereocenters. The molecule has 0 radical (unpaired) electrons. The van der Waals surface area contributed by atoms with Crippen LogP contribution in [-0.4, -0.2) is 44.3 Å². The molecule has 1 saturated heterocycles. The summed E-state index contributed by atoms with van der Waals surface area (Å²) in [6.45, 7) is 4.54. The highest BCUT2D eigenvalue weighted by Crippen LogP contribution is 2.43. The molecule has 1 aliphatic carbocycles. The second-order valence-corrected chi connectivity index (χ2v) is 4.01. The van der Waals surface area contributed by atoms with Crippen molar-refractivity contribution < 1.29 is 4.74 Å². The fourth-order valence-corrected chi connectivity index (χ4v) is 2.27. The third-order valence-corrected chi connectivity index (χ3v) is 3.16. The SMILES string of the molecule is COCCCN1CC2C(N)C2C1. The summed E-state index contributed by atoms with van der Waals surface area (Å²) in [7, 11) is 1.76. The highest BCUT2D eigenvalue weighted by atomic mass is 16.5. The molecule has 2 fully saturated rings. The van der Waals surface area contributed by atoms with Crippen LogP contribution in [0.4, 0.5) is 0 Å². The minimum atomic E-state index is 0.531. The van der Waals surface area contributed by atoms with E-state index in [2.05, 4.69) is 4.90 Å². The second-order valence-electron chi connectivity index (χ2n) is 4.01. The van der Waals surface area contributed by atoms with Crippen molar-refractivity contribution >= 4 is 0 Å². The number of likely N-dealkylation sites (tertiary alicyclic amines) is 1. The summed E-state index contributed by atoms with van der Waals surface area (Å²) < 4.78 is 5.01. The molecule has 1 saturated carbocycles. The van der Waals surface area contributed by atoms with E-state index in [0.717, 1.165) is 24.9 Å². The molecule has 1 aliphatic heterocycles. The van der Waals surface area contributed by atoms with Gasteiger partial charge in [-0.15, -0.1) is 0 Å². The van der Waals surface area contributed by atoms with Crippen LogP contribution < -0.4 is 5.73 Å². The quantitative estimate of drug-likeness (QED) is 0.599. The van der Waals surface area contributed by atoms with Gasteiger partial charge in [0.15, 0.2) is 0 Å². The normalized spacial score (nSPS) is 40.0. The summed E-state index contributed by atoms with van der Waals surface area (Å²) in [6.07, 6.45) is 1.16. The number of fused-ring (bicyclic) bond motifs is 1. The highest BCUT2D eigenvalue weighted by molar-refractivity contribution is 5.08. The van der Waals surface area contributed by atoms with Crippen molar-refractivity contribution in [2.75, 3.05) is 33.4 Å². The molecular weight excluding hydrogens is 152 g/mol. The molecule has 1 heterocycles. The van der Waals surface area contributed by atoms with Crippen LogP contribution in [0.15, 0.2) is 0 Å². The molecule has 0 aromatic carbocycles. The Morgan fingerprint density at radius 3 is 2.67 bits per heavy atom. The van der Waals surface area contributed by atoms with Gasteiger partial charge in [0.2, 0.25) is 0 Å². The summed E-state index contributed by atoms with van der Waals surface area (Å²) in [5.74, 6) is 1.65. The summed E-state index contributed by atoms with van der Waals surface area (Å²) >= 11 is 0. The maximum atomic E-state index is 5.84. The zero-order chi connectivity index (χ0) is 8.55. The third-order valence-electron chi connectivity index (χ3n) is 3.16. The van der Waals surface area contributed by atoms with E-state index >= 15 is 0 Å². The highest BCUT2D eigenvalue weighted by Gasteiger charge is 2.53. The van der Waals surface area contributed by atoms with Gasteiger partial charge in [0.1, 0.15) is 0 Å². The largest absolute Gasteiger partial charge is 0.385 e. The van der Waals surface area contributed by atoms with Gasteiger partial charge >= 0.3 is 0 Å².